The molecule has 9 heteroatoms. The smallest absolute Gasteiger partial charge is 0.270 e. The van der Waals surface area contributed by atoms with Crippen molar-refractivity contribution in [3.63, 3.8) is 0 Å². The molecule has 0 spiro atoms. The van der Waals surface area contributed by atoms with Gasteiger partial charge in [-0.05, 0) is 66.4 Å². The lowest BCUT2D eigenvalue weighted by Gasteiger charge is -2.43. The van der Waals surface area contributed by atoms with Gasteiger partial charge in [0, 0.05) is 42.9 Å². The van der Waals surface area contributed by atoms with Crippen LogP contribution in [0.15, 0.2) is 71.2 Å². The molecule has 1 aromatic heterocycles. The summed E-state index contributed by atoms with van der Waals surface area (Å²) in [5.74, 6) is 0.0323. The molecule has 6 rings (SSSR count). The normalized spacial score (nSPS) is 19.8. The quantitative estimate of drug-likeness (QED) is 0.555. The zero-order chi connectivity index (χ0) is 25.5. The Morgan fingerprint density at radius 3 is 2.62 bits per heavy atom. The fourth-order valence-electron chi connectivity index (χ4n) is 5.35. The monoisotopic (exact) mass is 501 g/mol. The number of carbonyl (C=O) groups is 2. The van der Waals surface area contributed by atoms with Gasteiger partial charge in [-0.1, -0.05) is 12.1 Å². The van der Waals surface area contributed by atoms with Crippen LogP contribution in [0.2, 0.25) is 0 Å². The second-order valence-corrected chi connectivity index (χ2v) is 9.54. The third kappa shape index (κ3) is 4.48. The Morgan fingerprint density at radius 2 is 1.78 bits per heavy atom. The summed E-state index contributed by atoms with van der Waals surface area (Å²) in [5.41, 5.74) is 1.88. The minimum Gasteiger partial charge on any atom is -0.454 e. The van der Waals surface area contributed by atoms with Crippen molar-refractivity contribution in [3.05, 3.63) is 99.4 Å². The van der Waals surface area contributed by atoms with Crippen molar-refractivity contribution in [1.82, 2.24) is 14.8 Å². The number of likely N-dealkylation sites (tertiary alicyclic amines) is 1. The fraction of sp³-hybridized carbons (Fsp3) is 0.250. The maximum atomic E-state index is 13.8. The Morgan fingerprint density at radius 1 is 0.973 bits per heavy atom. The van der Waals surface area contributed by atoms with E-state index in [1.165, 1.54) is 24.3 Å². The first-order chi connectivity index (χ1) is 17.9. The first-order valence-electron chi connectivity index (χ1n) is 12.1. The van der Waals surface area contributed by atoms with Crippen LogP contribution < -0.4 is 20.3 Å². The van der Waals surface area contributed by atoms with Crippen LogP contribution >= 0.6 is 0 Å². The molecule has 4 heterocycles. The van der Waals surface area contributed by atoms with Gasteiger partial charge in [0.05, 0.1) is 0 Å². The van der Waals surface area contributed by atoms with Crippen molar-refractivity contribution in [2.75, 3.05) is 19.9 Å². The number of fused-ring (bicyclic) bond motifs is 5. The van der Waals surface area contributed by atoms with Crippen molar-refractivity contribution >= 4 is 17.9 Å². The van der Waals surface area contributed by atoms with E-state index in [9.17, 15) is 18.8 Å². The summed E-state index contributed by atoms with van der Waals surface area (Å²) >= 11 is 0. The van der Waals surface area contributed by atoms with Gasteiger partial charge in [-0.3, -0.25) is 14.4 Å². The van der Waals surface area contributed by atoms with Crippen LogP contribution in [0.3, 0.4) is 0 Å². The summed E-state index contributed by atoms with van der Waals surface area (Å²) in [6.45, 7) is 1.58. The van der Waals surface area contributed by atoms with Crippen molar-refractivity contribution in [2.45, 2.75) is 18.9 Å². The topological polar surface area (TPSA) is 89.9 Å². The van der Waals surface area contributed by atoms with E-state index in [-0.39, 0.29) is 41.4 Å². The van der Waals surface area contributed by atoms with Gasteiger partial charge in [-0.2, -0.15) is 0 Å². The summed E-state index contributed by atoms with van der Waals surface area (Å²) in [4.78, 5) is 40.9. The summed E-state index contributed by atoms with van der Waals surface area (Å²) in [6, 6.07) is 15.7. The number of pyridine rings is 1. The second-order valence-electron chi connectivity index (χ2n) is 9.54. The molecule has 3 aliphatic heterocycles. The van der Waals surface area contributed by atoms with E-state index in [2.05, 4.69) is 5.32 Å². The molecule has 3 aromatic rings. The van der Waals surface area contributed by atoms with Crippen molar-refractivity contribution in [1.29, 1.82) is 0 Å². The van der Waals surface area contributed by atoms with Gasteiger partial charge >= 0.3 is 0 Å². The summed E-state index contributed by atoms with van der Waals surface area (Å²) < 4.78 is 26.0. The lowest BCUT2D eigenvalue weighted by molar-refractivity contribution is -0.130. The molecule has 8 nitrogen and oxygen atoms in total. The molecule has 0 aliphatic carbocycles. The zero-order valence-corrected chi connectivity index (χ0v) is 19.9. The number of hydrogen-bond donors (Lipinski definition) is 1. The van der Waals surface area contributed by atoms with E-state index < -0.39 is 11.7 Å². The SMILES string of the molecule is O=C(NC(=Cc1ccc2c(c1)OCO2)C(=O)N1CC2CC(C1)c1cccc(=O)n1C2)c1ccc(F)cc1. The Bertz CT molecular complexity index is 1480. The fourth-order valence-corrected chi connectivity index (χ4v) is 5.35. The molecule has 37 heavy (non-hydrogen) atoms. The average molecular weight is 502 g/mol. The predicted molar refractivity (Wildman–Crippen MR) is 133 cm³/mol. The third-order valence-corrected chi connectivity index (χ3v) is 7.06. The number of piperidine rings is 1. The van der Waals surface area contributed by atoms with Crippen molar-refractivity contribution in [3.8, 4) is 11.5 Å². The molecule has 2 aromatic carbocycles. The predicted octanol–water partition coefficient (Wildman–Crippen LogP) is 3.13. The van der Waals surface area contributed by atoms with Crippen molar-refractivity contribution < 1.29 is 23.5 Å². The number of ether oxygens (including phenoxy) is 2. The highest BCUT2D eigenvalue weighted by Gasteiger charge is 2.37. The number of aromatic nitrogens is 1. The average Bonchev–Trinajstić information content (AvgIpc) is 3.37. The number of carbonyl (C=O) groups excluding carboxylic acids is 2. The lowest BCUT2D eigenvalue weighted by atomic mass is 9.83. The van der Waals surface area contributed by atoms with E-state index in [0.29, 0.717) is 36.7 Å². The lowest BCUT2D eigenvalue weighted by Crippen LogP contribution is -2.50. The highest BCUT2D eigenvalue weighted by Crippen LogP contribution is 2.36. The minimum absolute atomic E-state index is 0.0260. The zero-order valence-electron chi connectivity index (χ0n) is 19.9. The molecule has 1 fully saturated rings. The van der Waals surface area contributed by atoms with Crippen LogP contribution in [0.5, 0.6) is 11.5 Å². The van der Waals surface area contributed by atoms with Gasteiger partial charge in [0.2, 0.25) is 6.79 Å². The van der Waals surface area contributed by atoms with Gasteiger partial charge < -0.3 is 24.3 Å². The highest BCUT2D eigenvalue weighted by molar-refractivity contribution is 6.05. The van der Waals surface area contributed by atoms with E-state index in [1.807, 2.05) is 6.07 Å². The summed E-state index contributed by atoms with van der Waals surface area (Å²) in [5, 5.41) is 2.74. The number of nitrogens with zero attached hydrogens (tertiary/aromatic N) is 2. The van der Waals surface area contributed by atoms with Gasteiger partial charge in [0.15, 0.2) is 11.5 Å². The summed E-state index contributed by atoms with van der Waals surface area (Å²) in [6.07, 6.45) is 2.50. The second kappa shape index (κ2) is 9.24. The molecule has 188 valence electrons. The van der Waals surface area contributed by atoms with Crippen LogP contribution in [0.4, 0.5) is 4.39 Å². The van der Waals surface area contributed by atoms with Crippen LogP contribution in [0.1, 0.15) is 34.0 Å². The van der Waals surface area contributed by atoms with E-state index in [0.717, 1.165) is 12.1 Å². The molecular formula is C28H24FN3O5. The number of benzene rings is 2. The molecule has 1 saturated heterocycles. The maximum Gasteiger partial charge on any atom is 0.270 e. The largest absolute Gasteiger partial charge is 0.454 e. The molecule has 0 saturated carbocycles. The molecule has 2 bridgehead atoms. The molecular weight excluding hydrogens is 477 g/mol. The number of hydrogen-bond acceptors (Lipinski definition) is 5. The molecule has 3 aliphatic rings. The van der Waals surface area contributed by atoms with Gasteiger partial charge in [0.25, 0.3) is 17.4 Å². The first kappa shape index (κ1) is 23.0. The molecule has 1 N–H and O–H groups in total. The number of rotatable bonds is 4. The van der Waals surface area contributed by atoms with Gasteiger partial charge in [-0.15, -0.1) is 0 Å². The highest BCUT2D eigenvalue weighted by atomic mass is 19.1. The standard InChI is InChI=1S/C28H24FN3O5/c29-21-7-5-19(6-8-21)27(34)30-22(11-17-4-9-24-25(12-17)37-16-36-24)28(35)31-13-18-10-20(15-31)23-2-1-3-26(33)32(23)14-18/h1-9,11-12,18,20H,10,13-16H2,(H,30,34). The third-order valence-electron chi connectivity index (χ3n) is 7.06. The Labute approximate surface area is 211 Å². The van der Waals surface area contributed by atoms with Gasteiger partial charge in [0.1, 0.15) is 11.5 Å². The number of nitrogens with one attached hydrogen (secondary N) is 1. The molecule has 0 radical (unpaired) electrons. The summed E-state index contributed by atoms with van der Waals surface area (Å²) in [7, 11) is 0. The van der Waals surface area contributed by atoms with E-state index in [4.69, 9.17) is 9.47 Å². The molecule has 2 amide bonds. The Kier molecular flexibility index (Phi) is 5.75. The van der Waals surface area contributed by atoms with Crippen LogP contribution in [-0.4, -0.2) is 41.2 Å². The minimum atomic E-state index is -0.519. The van der Waals surface area contributed by atoms with E-state index >= 15 is 0 Å². The van der Waals surface area contributed by atoms with Crippen LogP contribution in [-0.2, 0) is 11.3 Å². The number of amides is 2. The Balaban J connectivity index is 1.31. The first-order valence-corrected chi connectivity index (χ1v) is 12.1. The van der Waals surface area contributed by atoms with Crippen LogP contribution in [0, 0.1) is 11.7 Å². The maximum absolute atomic E-state index is 13.8. The van der Waals surface area contributed by atoms with Crippen LogP contribution in [0.25, 0.3) is 6.08 Å². The van der Waals surface area contributed by atoms with Gasteiger partial charge in [-0.25, -0.2) is 4.39 Å². The number of halogens is 1. The van der Waals surface area contributed by atoms with Crippen molar-refractivity contribution in [2.24, 2.45) is 5.92 Å². The molecule has 2 unspecified atom stereocenters. The molecule has 2 atom stereocenters. The Hall–Kier alpha value is -4.40. The van der Waals surface area contributed by atoms with E-state index in [1.54, 1.807) is 45.9 Å².